The molecule has 1 aromatic heterocycles. The molecule has 0 saturated carbocycles. The summed E-state index contributed by atoms with van der Waals surface area (Å²) in [7, 11) is 0. The fraction of sp³-hybridized carbons (Fsp3) is 0.250. The van der Waals surface area contributed by atoms with Gasteiger partial charge in [0.15, 0.2) is 0 Å². The van der Waals surface area contributed by atoms with Crippen LogP contribution in [0.3, 0.4) is 0 Å². The van der Waals surface area contributed by atoms with Crippen molar-refractivity contribution < 1.29 is 0 Å². The summed E-state index contributed by atoms with van der Waals surface area (Å²) in [5.74, 6) is 0. The molecular weight excluding hydrogens is 167 g/mol. The largest absolute Gasteiger partial charge is 0.371 e. The lowest BCUT2D eigenvalue weighted by atomic mass is 10.00. The molecule has 1 rings (SSSR count). The summed E-state index contributed by atoms with van der Waals surface area (Å²) >= 11 is 3.38. The van der Waals surface area contributed by atoms with Gasteiger partial charge in [0.2, 0.25) is 0 Å². The lowest BCUT2D eigenvalue weighted by molar-refractivity contribution is 1.19. The third kappa shape index (κ3) is 1.12. The van der Waals surface area contributed by atoms with Crippen LogP contribution in [0.4, 0.5) is 0 Å². The second-order valence-electron chi connectivity index (χ2n) is 1.58. The van der Waals surface area contributed by atoms with Crippen molar-refractivity contribution in [2.24, 2.45) is 0 Å². The summed E-state index contributed by atoms with van der Waals surface area (Å²) in [5, 5.41) is 0. The minimum absolute atomic E-state index is 0.352. The highest BCUT2D eigenvalue weighted by Crippen LogP contribution is 1.95. The molecule has 0 spiro atoms. The van der Waals surface area contributed by atoms with Gasteiger partial charge in [0.05, 0.1) is 6.33 Å². The molecule has 0 amide bonds. The summed E-state index contributed by atoms with van der Waals surface area (Å²) in [6.45, 7) is 2.04. The molecule has 0 N–H and O–H groups in total. The molecule has 2 nitrogen and oxygen atoms in total. The molecule has 0 aliphatic rings. The molecule has 0 aliphatic carbocycles. The fourth-order valence-electron chi connectivity index (χ4n) is 0.480. The Bertz CT molecular complexity index is 149. The molecule has 0 bridgehead atoms. The van der Waals surface area contributed by atoms with Gasteiger partial charge in [0.1, 0.15) is 0 Å². The zero-order valence-electron chi connectivity index (χ0n) is 4.58. The molecule has 0 radical (unpaired) electrons. The Balaban J connectivity index is 2.77. The van der Waals surface area contributed by atoms with Crippen molar-refractivity contribution in [2.75, 3.05) is 0 Å². The van der Waals surface area contributed by atoms with E-state index in [1.54, 1.807) is 12.5 Å². The predicted octanol–water partition coefficient (Wildman–Crippen LogP) is 1.24. The van der Waals surface area contributed by atoms with Crippen LogP contribution in [-0.4, -0.2) is 15.1 Å². The Morgan fingerprint density at radius 3 is 2.75 bits per heavy atom. The van der Waals surface area contributed by atoms with Crippen LogP contribution in [0.5, 0.6) is 0 Å². The van der Waals surface area contributed by atoms with Crippen molar-refractivity contribution in [3.05, 3.63) is 18.7 Å². The molecule has 8 heavy (non-hydrogen) atoms. The van der Waals surface area contributed by atoms with E-state index in [-0.39, 0.29) is 0 Å². The highest BCUT2D eigenvalue weighted by molar-refractivity contribution is 9.24. The number of rotatable bonds is 1. The highest BCUT2D eigenvalue weighted by atomic mass is 79.9. The fourth-order valence-corrected chi connectivity index (χ4v) is 0.722. The van der Waals surface area contributed by atoms with Gasteiger partial charge >= 0.3 is 5.67 Å². The Morgan fingerprint density at radius 1 is 1.75 bits per heavy atom. The summed E-state index contributed by atoms with van der Waals surface area (Å²) in [4.78, 5) is 3.88. The van der Waals surface area contributed by atoms with Gasteiger partial charge in [-0.15, -0.1) is 15.8 Å². The molecule has 0 aliphatic heterocycles. The number of aromatic nitrogens is 2. The van der Waals surface area contributed by atoms with Crippen molar-refractivity contribution in [2.45, 2.75) is 6.82 Å². The first kappa shape index (κ1) is 5.88. The maximum absolute atomic E-state index is 3.88. The van der Waals surface area contributed by atoms with Gasteiger partial charge in [0.25, 0.3) is 0 Å². The number of halogens is 1. The van der Waals surface area contributed by atoms with E-state index in [2.05, 4.69) is 20.7 Å². The standard InChI is InChI=1S/C4H6BBrN2/c1-5(6)8-3-2-7-4-8/h2-4H,1H3. The second kappa shape index (κ2) is 2.35. The van der Waals surface area contributed by atoms with E-state index < -0.39 is 0 Å². The molecule has 42 valence electrons. The lowest BCUT2D eigenvalue weighted by Crippen LogP contribution is -2.08. The van der Waals surface area contributed by atoms with Gasteiger partial charge in [-0.1, -0.05) is 6.82 Å². The summed E-state index contributed by atoms with van der Waals surface area (Å²) in [6.07, 6.45) is 5.45. The zero-order chi connectivity index (χ0) is 5.98. The first-order chi connectivity index (χ1) is 3.80. The van der Waals surface area contributed by atoms with Gasteiger partial charge in [-0.05, 0) is 0 Å². The average Bonchev–Trinajstić information content (AvgIpc) is 2.12. The summed E-state index contributed by atoms with van der Waals surface area (Å²) < 4.78 is 1.97. The van der Waals surface area contributed by atoms with Crippen molar-refractivity contribution in [3.8, 4) is 0 Å². The van der Waals surface area contributed by atoms with Crippen LogP contribution >= 0.6 is 15.8 Å². The first-order valence-electron chi connectivity index (χ1n) is 2.42. The van der Waals surface area contributed by atoms with Gasteiger partial charge in [-0.3, -0.25) is 0 Å². The van der Waals surface area contributed by atoms with Crippen LogP contribution in [0.2, 0.25) is 6.82 Å². The molecule has 1 heterocycles. The van der Waals surface area contributed by atoms with Crippen LogP contribution in [0, 0.1) is 0 Å². The molecule has 0 saturated heterocycles. The van der Waals surface area contributed by atoms with Gasteiger partial charge in [-0.25, -0.2) is 4.98 Å². The normalized spacial score (nSPS) is 9.25. The topological polar surface area (TPSA) is 17.8 Å². The minimum Gasteiger partial charge on any atom is -0.371 e. The maximum atomic E-state index is 3.88. The van der Waals surface area contributed by atoms with Crippen LogP contribution in [0.25, 0.3) is 0 Å². The average molecular weight is 173 g/mol. The molecule has 0 atom stereocenters. The van der Waals surface area contributed by atoms with Crippen LogP contribution in [0.1, 0.15) is 0 Å². The van der Waals surface area contributed by atoms with Crippen LogP contribution in [-0.2, 0) is 0 Å². The van der Waals surface area contributed by atoms with Crippen molar-refractivity contribution in [3.63, 3.8) is 0 Å². The van der Waals surface area contributed by atoms with Crippen LogP contribution < -0.4 is 0 Å². The third-order valence-corrected chi connectivity index (χ3v) is 1.41. The molecule has 0 unspecified atom stereocenters. The predicted molar refractivity (Wildman–Crippen MR) is 38.2 cm³/mol. The number of hydrogen-bond acceptors (Lipinski definition) is 1. The quantitative estimate of drug-likeness (QED) is 0.584. The Hall–Kier alpha value is -0.245. The van der Waals surface area contributed by atoms with E-state index in [0.29, 0.717) is 5.67 Å². The third-order valence-electron chi connectivity index (χ3n) is 0.936. The van der Waals surface area contributed by atoms with E-state index in [9.17, 15) is 0 Å². The van der Waals surface area contributed by atoms with Crippen molar-refractivity contribution in [1.82, 2.24) is 9.46 Å². The Morgan fingerprint density at radius 2 is 2.50 bits per heavy atom. The monoisotopic (exact) mass is 172 g/mol. The summed E-state index contributed by atoms with van der Waals surface area (Å²) in [6, 6.07) is 0. The highest BCUT2D eigenvalue weighted by Gasteiger charge is 2.00. The molecular formula is C4H6BBrN2. The lowest BCUT2D eigenvalue weighted by Gasteiger charge is -1.95. The van der Waals surface area contributed by atoms with Gasteiger partial charge in [0, 0.05) is 12.4 Å². The maximum Gasteiger partial charge on any atom is 0.334 e. The van der Waals surface area contributed by atoms with Gasteiger partial charge in [-0.2, -0.15) is 0 Å². The molecule has 4 heteroatoms. The molecule has 0 fully saturated rings. The van der Waals surface area contributed by atoms with E-state index >= 15 is 0 Å². The van der Waals surface area contributed by atoms with E-state index in [4.69, 9.17) is 0 Å². The number of imidazole rings is 1. The molecule has 1 aromatic rings. The van der Waals surface area contributed by atoms with E-state index in [1.807, 2.05) is 17.5 Å². The van der Waals surface area contributed by atoms with E-state index in [1.165, 1.54) is 0 Å². The van der Waals surface area contributed by atoms with E-state index in [0.717, 1.165) is 0 Å². The van der Waals surface area contributed by atoms with Gasteiger partial charge < -0.3 is 4.48 Å². The number of hydrogen-bond donors (Lipinski definition) is 0. The summed E-state index contributed by atoms with van der Waals surface area (Å²) in [5.41, 5.74) is 0.352. The van der Waals surface area contributed by atoms with Crippen molar-refractivity contribution in [1.29, 1.82) is 0 Å². The van der Waals surface area contributed by atoms with Crippen LogP contribution in [0.15, 0.2) is 18.7 Å². The smallest absolute Gasteiger partial charge is 0.334 e. The second-order valence-corrected chi connectivity index (χ2v) is 2.91. The zero-order valence-corrected chi connectivity index (χ0v) is 6.17. The number of nitrogens with zero attached hydrogens (tertiary/aromatic N) is 2. The SMILES string of the molecule is CB(Br)n1ccnc1. The van der Waals surface area contributed by atoms with Crippen molar-refractivity contribution >= 4 is 21.4 Å². The Kier molecular flexibility index (Phi) is 1.73. The minimum atomic E-state index is 0.352. The molecule has 0 aromatic carbocycles. The Labute approximate surface area is 57.0 Å². The first-order valence-corrected chi connectivity index (χ1v) is 3.34.